The number of hydrogen-bond donors (Lipinski definition) is 0. The normalized spacial score (nSPS) is 14.7. The number of piperidine rings is 1. The number of methoxy groups -OCH3 is 2. The molecule has 0 N–H and O–H groups in total. The summed E-state index contributed by atoms with van der Waals surface area (Å²) in [6.45, 7) is 8.14. The van der Waals surface area contributed by atoms with Gasteiger partial charge in [-0.25, -0.2) is 4.79 Å². The molecular weight excluding hydrogens is 444 g/mol. The molecule has 0 amide bonds. The van der Waals surface area contributed by atoms with E-state index in [-0.39, 0.29) is 0 Å². The van der Waals surface area contributed by atoms with Gasteiger partial charge in [0.15, 0.2) is 0 Å². The van der Waals surface area contributed by atoms with E-state index >= 15 is 0 Å². The maximum Gasteiger partial charge on any atom is 0.341 e. The average Bonchev–Trinajstić information content (AvgIpc) is 2.88. The molecule has 7 nitrogen and oxygen atoms in total. The van der Waals surface area contributed by atoms with Gasteiger partial charge in [0.2, 0.25) is 0 Å². The van der Waals surface area contributed by atoms with Crippen molar-refractivity contribution in [3.63, 3.8) is 0 Å². The third kappa shape index (κ3) is 7.59. The second-order valence-corrected chi connectivity index (χ2v) is 8.65. The lowest BCUT2D eigenvalue weighted by atomic mass is 10.0. The van der Waals surface area contributed by atoms with Gasteiger partial charge in [-0.3, -0.25) is 4.90 Å². The van der Waals surface area contributed by atoms with Crippen LogP contribution in [0.15, 0.2) is 47.8 Å². The molecule has 7 heteroatoms. The highest BCUT2D eigenvalue weighted by Gasteiger charge is 2.17. The molecule has 1 aliphatic heterocycles. The Morgan fingerprint density at radius 2 is 1.83 bits per heavy atom. The summed E-state index contributed by atoms with van der Waals surface area (Å²) in [5.74, 6) is 0.309. The summed E-state index contributed by atoms with van der Waals surface area (Å²) >= 11 is 0. The van der Waals surface area contributed by atoms with Gasteiger partial charge in [-0.2, -0.15) is 0 Å². The topological polar surface area (TPSA) is 69.6 Å². The second-order valence-electron chi connectivity index (χ2n) is 8.65. The largest absolute Gasteiger partial charge is 0.503 e. The lowest BCUT2D eigenvalue weighted by Crippen LogP contribution is -2.32. The van der Waals surface area contributed by atoms with Crippen molar-refractivity contribution in [1.29, 1.82) is 0 Å². The minimum absolute atomic E-state index is 0.293. The number of aryl methyl sites for hydroxylation is 2. The van der Waals surface area contributed by atoms with Crippen LogP contribution in [0, 0.1) is 13.8 Å². The smallest absolute Gasteiger partial charge is 0.341 e. The van der Waals surface area contributed by atoms with E-state index < -0.39 is 5.97 Å². The summed E-state index contributed by atoms with van der Waals surface area (Å²) < 4.78 is 16.2. The zero-order chi connectivity index (χ0) is 25.0. The van der Waals surface area contributed by atoms with Crippen molar-refractivity contribution >= 4 is 17.8 Å². The Balaban J connectivity index is 1.62. The fourth-order valence-corrected chi connectivity index (χ4v) is 4.12. The van der Waals surface area contributed by atoms with Crippen LogP contribution >= 0.6 is 0 Å². The first kappa shape index (κ1) is 26.3. The molecular formula is C28H36N2O5. The van der Waals surface area contributed by atoms with Crippen molar-refractivity contribution in [1.82, 2.24) is 4.90 Å². The number of benzene rings is 2. The standard InChI is InChI=1S/C28H36N2O5/c1-21-17-27(22(2)16-24(21)18-29-35-15-14-30-12-8-5-9-13-30)34-19-23-10-6-7-11-25(23)26(20-32-3)28(31)33-4/h6-7,10-11,16-18,20H,5,8-9,12-15,19H2,1-4H3. The maximum atomic E-state index is 12.2. The molecule has 0 radical (unpaired) electrons. The lowest BCUT2D eigenvalue weighted by Gasteiger charge is -2.25. The van der Waals surface area contributed by atoms with Crippen LogP contribution in [0.3, 0.4) is 0 Å². The minimum Gasteiger partial charge on any atom is -0.503 e. The molecule has 1 fully saturated rings. The van der Waals surface area contributed by atoms with Crippen LogP contribution in [0.5, 0.6) is 5.75 Å². The van der Waals surface area contributed by atoms with Crippen LogP contribution in [0.2, 0.25) is 0 Å². The SMILES string of the molecule is COC=C(C(=O)OC)c1ccccc1COc1cc(C)c(C=NOCCN2CCCCC2)cc1C. The molecule has 0 spiro atoms. The molecule has 0 aromatic heterocycles. The molecule has 0 unspecified atom stereocenters. The van der Waals surface area contributed by atoms with Gasteiger partial charge in [0, 0.05) is 6.54 Å². The number of carbonyl (C=O) groups is 1. The van der Waals surface area contributed by atoms with E-state index in [4.69, 9.17) is 19.0 Å². The monoisotopic (exact) mass is 480 g/mol. The van der Waals surface area contributed by atoms with Crippen molar-refractivity contribution in [3.8, 4) is 5.75 Å². The molecule has 3 rings (SSSR count). The van der Waals surface area contributed by atoms with Crippen molar-refractivity contribution in [3.05, 3.63) is 70.5 Å². The molecule has 0 saturated carbocycles. The second kappa shape index (κ2) is 13.5. The van der Waals surface area contributed by atoms with Gasteiger partial charge in [-0.15, -0.1) is 0 Å². The molecule has 188 valence electrons. The average molecular weight is 481 g/mol. The highest BCUT2D eigenvalue weighted by atomic mass is 16.6. The quantitative estimate of drug-likeness (QED) is 0.114. The van der Waals surface area contributed by atoms with Gasteiger partial charge < -0.3 is 19.0 Å². The third-order valence-corrected chi connectivity index (χ3v) is 6.11. The number of nitrogens with zero attached hydrogens (tertiary/aromatic N) is 2. The van der Waals surface area contributed by atoms with Crippen molar-refractivity contribution in [2.24, 2.45) is 5.16 Å². The van der Waals surface area contributed by atoms with Gasteiger partial charge in [-0.05, 0) is 79.7 Å². The Labute approximate surface area is 208 Å². The lowest BCUT2D eigenvalue weighted by molar-refractivity contribution is -0.133. The highest BCUT2D eigenvalue weighted by Crippen LogP contribution is 2.26. The molecule has 35 heavy (non-hydrogen) atoms. The van der Waals surface area contributed by atoms with Crippen LogP contribution in [-0.4, -0.2) is 57.5 Å². The molecule has 2 aromatic carbocycles. The maximum absolute atomic E-state index is 12.2. The first-order valence-corrected chi connectivity index (χ1v) is 12.0. The van der Waals surface area contributed by atoms with Gasteiger partial charge in [0.25, 0.3) is 0 Å². The number of rotatable bonds is 11. The van der Waals surface area contributed by atoms with Gasteiger partial charge in [0.05, 0.1) is 26.7 Å². The third-order valence-electron chi connectivity index (χ3n) is 6.11. The molecule has 2 aromatic rings. The van der Waals surface area contributed by atoms with E-state index in [1.807, 2.05) is 50.2 Å². The van der Waals surface area contributed by atoms with Gasteiger partial charge in [-0.1, -0.05) is 35.8 Å². The molecule has 0 aliphatic carbocycles. The van der Waals surface area contributed by atoms with E-state index in [9.17, 15) is 4.79 Å². The predicted octanol–water partition coefficient (Wildman–Crippen LogP) is 4.88. The summed E-state index contributed by atoms with van der Waals surface area (Å²) in [6, 6.07) is 11.6. The van der Waals surface area contributed by atoms with Crippen LogP contribution < -0.4 is 4.74 Å². The Bertz CT molecular complexity index is 1040. The molecule has 0 bridgehead atoms. The molecule has 1 heterocycles. The fraction of sp³-hybridized carbons (Fsp3) is 0.429. The Morgan fingerprint density at radius 3 is 2.57 bits per heavy atom. The Hall–Kier alpha value is -3.32. The first-order chi connectivity index (χ1) is 17.0. The first-order valence-electron chi connectivity index (χ1n) is 12.0. The zero-order valence-electron chi connectivity index (χ0n) is 21.2. The Kier molecular flexibility index (Phi) is 10.2. The van der Waals surface area contributed by atoms with E-state index in [1.165, 1.54) is 39.7 Å². The van der Waals surface area contributed by atoms with E-state index in [0.29, 0.717) is 24.4 Å². The summed E-state index contributed by atoms with van der Waals surface area (Å²) in [6.07, 6.45) is 7.04. The van der Waals surface area contributed by atoms with Gasteiger partial charge >= 0.3 is 5.97 Å². The summed E-state index contributed by atoms with van der Waals surface area (Å²) in [7, 11) is 2.85. The van der Waals surface area contributed by atoms with Crippen LogP contribution in [0.4, 0.5) is 0 Å². The van der Waals surface area contributed by atoms with E-state index in [2.05, 4.69) is 10.1 Å². The fourth-order valence-electron chi connectivity index (χ4n) is 4.12. The molecule has 1 saturated heterocycles. The Morgan fingerprint density at radius 1 is 1.06 bits per heavy atom. The van der Waals surface area contributed by atoms with Crippen LogP contribution in [-0.2, 0) is 25.7 Å². The van der Waals surface area contributed by atoms with Crippen LogP contribution in [0.25, 0.3) is 5.57 Å². The number of ether oxygens (including phenoxy) is 3. The van der Waals surface area contributed by atoms with Crippen LogP contribution in [0.1, 0.15) is 47.1 Å². The summed E-state index contributed by atoms with van der Waals surface area (Å²) in [5, 5.41) is 4.17. The van der Waals surface area contributed by atoms with Crippen molar-refractivity contribution in [2.45, 2.75) is 39.7 Å². The van der Waals surface area contributed by atoms with Crippen molar-refractivity contribution < 1.29 is 23.8 Å². The van der Waals surface area contributed by atoms with Gasteiger partial charge in [0.1, 0.15) is 24.5 Å². The molecule has 1 aliphatic rings. The number of likely N-dealkylation sites (tertiary alicyclic amines) is 1. The number of carbonyl (C=O) groups excluding carboxylic acids is 1. The minimum atomic E-state index is -0.465. The number of hydrogen-bond acceptors (Lipinski definition) is 7. The highest BCUT2D eigenvalue weighted by molar-refractivity contribution is 6.16. The number of esters is 1. The van der Waals surface area contributed by atoms with Crippen molar-refractivity contribution in [2.75, 3.05) is 40.5 Å². The summed E-state index contributed by atoms with van der Waals surface area (Å²) in [5.41, 5.74) is 4.92. The van der Waals surface area contributed by atoms with E-state index in [1.54, 1.807) is 6.21 Å². The predicted molar refractivity (Wildman–Crippen MR) is 138 cm³/mol. The molecule has 0 atom stereocenters. The summed E-state index contributed by atoms with van der Waals surface area (Å²) in [4.78, 5) is 20.2. The number of oxime groups is 1. The van der Waals surface area contributed by atoms with E-state index in [0.717, 1.165) is 47.6 Å². The zero-order valence-corrected chi connectivity index (χ0v) is 21.2.